The van der Waals surface area contributed by atoms with Crippen LogP contribution in [0.15, 0.2) is 0 Å². The summed E-state index contributed by atoms with van der Waals surface area (Å²) in [4.78, 5) is 0. The molecule has 0 saturated carbocycles. The normalized spacial score (nSPS) is 13.9. The third kappa shape index (κ3) is 65.8. The van der Waals surface area contributed by atoms with Crippen LogP contribution in [0.1, 0.15) is 0 Å². The zero-order chi connectivity index (χ0) is 54.4. The van der Waals surface area contributed by atoms with Crippen LogP contribution in [0.3, 0.4) is 0 Å². The molecule has 73 heavy (non-hydrogen) atoms. The van der Waals surface area contributed by atoms with Crippen LogP contribution >= 0.6 is 16.4 Å². The molecule has 71 nitrogen and oxygen atoms in total. The van der Waals surface area contributed by atoms with Gasteiger partial charge in [-0.2, -0.15) is 0 Å². The highest BCUT2D eigenvalue weighted by atomic mass is 31.1. The minimum absolute atomic E-state index is 2.87. The van der Waals surface area contributed by atoms with Crippen molar-refractivity contribution in [3.05, 3.63) is 0 Å². The molecule has 0 fully saturated rings. The molecule has 440 valence electrons. The van der Waals surface area contributed by atoms with E-state index in [4.69, 9.17) is 13.1 Å². The monoisotopic (exact) mass is 1210 g/mol. The fraction of sp³-hybridized carbons (Fsp3) is 0. The van der Waals surface area contributed by atoms with E-state index in [2.05, 4.69) is 336 Å². The number of hydrogen-bond acceptors (Lipinski definition) is 71. The standard InChI is InChI=1S/H4O71P2/c1-5-7-9-11-13-15-17-19-21-22-23-24-25-26-27-28-29-30-31-32-33-34-35-36-37-38-41-45-49-53-57-61-65-69-73(4)71-67-63-59-55-51-47-43-39-42-46-50-54-58-62-66-70-72(3)68-64-60-56-52-48-44-40-20-18-16-14-12-10-8-6-2/h1-2,72-73H/i72T,73T. The maximum absolute atomic E-state index is 11.4. The quantitative estimate of drug-likeness (QED) is 0.0257. The van der Waals surface area contributed by atoms with Gasteiger partial charge in [0.05, 0.1) is 0 Å². The molecule has 0 aromatic heterocycles. The fourth-order valence-corrected chi connectivity index (χ4v) is 1.17. The minimum atomic E-state index is -5.14. The molecular weight excluding hydrogens is 1200 g/mol. The molecular formula is H4O71P2. The summed E-state index contributed by atoms with van der Waals surface area (Å²) < 4.78 is 50.9. The average Bonchev–Trinajstić information content (AvgIpc) is 3.39. The fourth-order valence-electron chi connectivity index (χ4n) is 0.822. The first-order valence-corrected chi connectivity index (χ1v) is 14.3. The van der Waals surface area contributed by atoms with Gasteiger partial charge in [-0.25, -0.2) is 10.5 Å². The molecule has 0 aliphatic heterocycles. The Morgan fingerprint density at radius 2 is 0.247 bits per heavy atom. The second kappa shape index (κ2) is 65.8. The summed E-state index contributed by atoms with van der Waals surface area (Å²) >= 11 is 0. The van der Waals surface area contributed by atoms with Gasteiger partial charge in [-0.15, -0.1) is 18.7 Å². The lowest BCUT2D eigenvalue weighted by molar-refractivity contribution is -0.907. The molecule has 0 aliphatic carbocycles. The van der Waals surface area contributed by atoms with Gasteiger partial charge >= 0.3 is 16.4 Å². The van der Waals surface area contributed by atoms with E-state index in [9.17, 15) is 9.13 Å². The molecule has 0 aromatic carbocycles. The van der Waals surface area contributed by atoms with Crippen molar-refractivity contribution in [3.8, 4) is 0 Å². The topological polar surface area (TPSA) is 693 Å². The van der Waals surface area contributed by atoms with Crippen LogP contribution in [0.5, 0.6) is 0 Å². The maximum atomic E-state index is 11.4. The highest BCUT2D eigenvalue weighted by Crippen LogP contribution is 2.25. The summed E-state index contributed by atoms with van der Waals surface area (Å²) in [7, 11) is -10.2. The van der Waals surface area contributed by atoms with Gasteiger partial charge in [0.15, 0.2) is 2.56 Å². The molecule has 0 radical (unpaired) electrons. The molecule has 0 saturated heterocycles. The Bertz CT molecular complexity index is 1140. The Kier molecular flexibility index (Phi) is 60.2. The summed E-state index contributed by atoms with van der Waals surface area (Å²) in [5.74, 6) is 0. The van der Waals surface area contributed by atoms with Crippen LogP contribution in [-0.4, -0.2) is 13.1 Å². The highest BCUT2D eigenvalue weighted by molar-refractivity contribution is 7.33. The molecule has 2 atom stereocenters. The van der Waals surface area contributed by atoms with Crippen molar-refractivity contribution in [2.45, 2.75) is 0 Å². The number of hydrogen-bond donors (Lipinski definition) is 2. The Balaban J connectivity index is 3.30. The third-order valence-corrected chi connectivity index (χ3v) is 2.77. The molecule has 0 aromatic rings. The van der Waals surface area contributed by atoms with Crippen molar-refractivity contribution in [2.24, 2.45) is 0 Å². The van der Waals surface area contributed by atoms with Crippen molar-refractivity contribution >= 4 is 16.4 Å². The highest BCUT2D eigenvalue weighted by Gasteiger charge is 2.09. The van der Waals surface area contributed by atoms with Crippen LogP contribution < -0.4 is 0 Å². The van der Waals surface area contributed by atoms with Crippen LogP contribution in [0, 0.1) is 0 Å². The molecule has 0 bridgehead atoms. The van der Waals surface area contributed by atoms with Crippen LogP contribution in [0.25, 0.3) is 0 Å². The van der Waals surface area contributed by atoms with E-state index >= 15 is 0 Å². The Hall–Kier alpha value is -2.30. The van der Waals surface area contributed by atoms with E-state index in [1.165, 1.54) is 0 Å². The summed E-state index contributed by atoms with van der Waals surface area (Å²) in [5, 5.41) is 231. The minimum Gasteiger partial charge on any atom is -0.258 e. The molecule has 0 spiro atoms. The summed E-state index contributed by atoms with van der Waals surface area (Å²) in [6, 6.07) is 0. The van der Waals surface area contributed by atoms with Gasteiger partial charge in [0.25, 0.3) is 0 Å². The maximum Gasteiger partial charge on any atom is 0.380 e. The van der Waals surface area contributed by atoms with Gasteiger partial charge in [0.2, 0.25) is 0 Å². The van der Waals surface area contributed by atoms with Gasteiger partial charge in [-0.3, -0.25) is 9.13 Å². The zero-order valence-electron chi connectivity index (χ0n) is 32.0. The SMILES string of the molecule is [3H]P(=O)(OOOOOOOOOOOOOOOOO)OOOOOOOOOOOOOOOOOP([3H])(=O)OOOOOOOOOOOOOOOOOOOOOOOOOOOOOOOOOOO. The van der Waals surface area contributed by atoms with Crippen molar-refractivity contribution in [3.63, 3.8) is 0 Å². The lowest BCUT2D eigenvalue weighted by atomic mass is 14.0. The van der Waals surface area contributed by atoms with Gasteiger partial charge in [0, 0.05) is 85.7 Å². The second-order valence-electron chi connectivity index (χ2n) is 5.04. The Morgan fingerprint density at radius 3 is 0.342 bits per heavy atom. The van der Waals surface area contributed by atoms with Gasteiger partial charge < -0.3 is 0 Å². The smallest absolute Gasteiger partial charge is 0.258 e. The molecule has 0 aliphatic rings. The summed E-state index contributed by atoms with van der Waals surface area (Å²) in [6.07, 6.45) is 0. The predicted molar refractivity (Wildman–Crippen MR) is 96.0 cm³/mol. The van der Waals surface area contributed by atoms with Crippen LogP contribution in [0.2, 0.25) is 0 Å². The van der Waals surface area contributed by atoms with Crippen molar-refractivity contribution in [1.82, 2.24) is 0 Å². The van der Waals surface area contributed by atoms with Crippen LogP contribution in [0.4, 0.5) is 0 Å². The number of rotatable bonds is 68. The van der Waals surface area contributed by atoms with E-state index in [-0.39, 0.29) is 0 Å². The average molecular weight is 1210 g/mol. The zero-order valence-corrected chi connectivity index (χ0v) is 31.7. The summed E-state index contributed by atoms with van der Waals surface area (Å²) in [6.45, 7) is 0. The molecule has 0 heterocycles. The lowest BCUT2D eigenvalue weighted by Crippen LogP contribution is -2.06. The molecule has 2 N–H and O–H groups in total. The van der Waals surface area contributed by atoms with Crippen molar-refractivity contribution < 1.29 is 356 Å². The second-order valence-corrected chi connectivity index (χ2v) is 6.54. The van der Waals surface area contributed by atoms with E-state index in [0.717, 1.165) is 0 Å². The summed E-state index contributed by atoms with van der Waals surface area (Å²) in [5.41, 5.74) is 0. The molecule has 0 amide bonds. The van der Waals surface area contributed by atoms with E-state index in [0.29, 0.717) is 0 Å². The Labute approximate surface area is 376 Å². The van der Waals surface area contributed by atoms with E-state index in [1.54, 1.807) is 0 Å². The molecule has 2 unspecified atom stereocenters. The van der Waals surface area contributed by atoms with Crippen LogP contribution in [-0.2, 0) is 345 Å². The first-order chi connectivity index (χ1) is 36.8. The first-order valence-electron chi connectivity index (χ1n) is 13.0. The van der Waals surface area contributed by atoms with Crippen molar-refractivity contribution in [2.75, 3.05) is 0 Å². The molecule has 0 rings (SSSR count). The van der Waals surface area contributed by atoms with Crippen molar-refractivity contribution in [1.29, 1.82) is 2.56 Å². The van der Waals surface area contributed by atoms with Gasteiger partial charge in [-0.05, 0) is 232 Å². The van der Waals surface area contributed by atoms with E-state index in [1.807, 2.05) is 0 Å². The third-order valence-electron chi connectivity index (χ3n) is 2.04. The largest absolute Gasteiger partial charge is 0.380 e. The Morgan fingerprint density at radius 1 is 0.164 bits per heavy atom. The molecule has 73 heteroatoms. The van der Waals surface area contributed by atoms with E-state index < -0.39 is 16.4 Å². The lowest BCUT2D eigenvalue weighted by Gasteiger charge is -2.01. The van der Waals surface area contributed by atoms with Gasteiger partial charge in [-0.1, -0.05) is 0 Å². The van der Waals surface area contributed by atoms with Gasteiger partial charge in [0.1, 0.15) is 0 Å². The predicted octanol–water partition coefficient (Wildman–Crippen LogP) is -3.62. The first kappa shape index (κ1) is 66.8.